The molecule has 0 bridgehead atoms. The minimum absolute atomic E-state index is 0.0623. The Labute approximate surface area is 146 Å². The van der Waals surface area contributed by atoms with Crippen LogP contribution in [0.15, 0.2) is 23.1 Å². The molecule has 1 unspecified atom stereocenters. The zero-order valence-electron chi connectivity index (χ0n) is 14.6. The molecule has 2 aromatic heterocycles. The van der Waals surface area contributed by atoms with Crippen LogP contribution in [-0.4, -0.2) is 38.8 Å². The van der Waals surface area contributed by atoms with Gasteiger partial charge in [0.05, 0.1) is 5.69 Å². The Hall–Kier alpha value is -2.50. The summed E-state index contributed by atoms with van der Waals surface area (Å²) in [7, 11) is 0. The van der Waals surface area contributed by atoms with Crippen molar-refractivity contribution in [2.24, 2.45) is 0 Å². The second-order valence-corrected chi connectivity index (χ2v) is 7.32. The molecule has 3 heterocycles. The topological polar surface area (TPSA) is 79.0 Å². The van der Waals surface area contributed by atoms with Crippen molar-refractivity contribution in [3.63, 3.8) is 0 Å². The third-order valence-corrected chi connectivity index (χ3v) is 5.45. The quantitative estimate of drug-likeness (QED) is 0.861. The van der Waals surface area contributed by atoms with Gasteiger partial charge in [0, 0.05) is 42.0 Å². The van der Waals surface area contributed by atoms with Crippen molar-refractivity contribution in [2.45, 2.75) is 44.9 Å². The number of likely N-dealkylation sites (tertiary alicyclic amines) is 1. The molecule has 6 nitrogen and oxygen atoms in total. The smallest absolute Gasteiger partial charge is 0.254 e. The highest BCUT2D eigenvalue weighted by atomic mass is 16.2. The second-order valence-electron chi connectivity index (χ2n) is 7.32. The summed E-state index contributed by atoms with van der Waals surface area (Å²) in [4.78, 5) is 38.3. The van der Waals surface area contributed by atoms with Crippen LogP contribution in [-0.2, 0) is 11.8 Å². The van der Waals surface area contributed by atoms with Gasteiger partial charge in [-0.1, -0.05) is 0 Å². The Morgan fingerprint density at radius 1 is 1.28 bits per heavy atom. The van der Waals surface area contributed by atoms with Gasteiger partial charge in [-0.3, -0.25) is 9.59 Å². The van der Waals surface area contributed by atoms with Crippen LogP contribution < -0.4 is 5.56 Å². The fourth-order valence-electron chi connectivity index (χ4n) is 4.32. The summed E-state index contributed by atoms with van der Waals surface area (Å²) in [6, 6.07) is 3.14. The largest absolute Gasteiger partial charge is 0.338 e. The number of aromatic nitrogens is 3. The zero-order chi connectivity index (χ0) is 17.6. The fraction of sp³-hybridized carbons (Fsp3) is 0.474. The molecule has 0 radical (unpaired) electrons. The predicted molar refractivity (Wildman–Crippen MR) is 93.7 cm³/mol. The molecule has 2 aliphatic rings. The van der Waals surface area contributed by atoms with Gasteiger partial charge in [0.1, 0.15) is 5.82 Å². The van der Waals surface area contributed by atoms with Crippen LogP contribution >= 0.6 is 0 Å². The van der Waals surface area contributed by atoms with E-state index in [1.165, 1.54) is 11.6 Å². The first-order chi connectivity index (χ1) is 12.0. The molecule has 1 spiro atoms. The molecule has 0 aromatic carbocycles. The van der Waals surface area contributed by atoms with Crippen LogP contribution in [0.25, 0.3) is 0 Å². The van der Waals surface area contributed by atoms with Crippen molar-refractivity contribution in [2.75, 3.05) is 13.1 Å². The van der Waals surface area contributed by atoms with Crippen LogP contribution in [0.2, 0.25) is 0 Å². The molecule has 1 N–H and O–H groups in total. The molecule has 25 heavy (non-hydrogen) atoms. The normalized spacial score (nSPS) is 22.2. The lowest BCUT2D eigenvalue weighted by Gasteiger charge is -2.40. The van der Waals surface area contributed by atoms with E-state index >= 15 is 0 Å². The number of nitrogens with zero attached hydrogens (tertiary/aromatic N) is 3. The SMILES string of the molecule is Cc1ncc2c(n1)C1(CCCN(C(=O)c3cc(C)[nH]c(=O)c3)C1)CC2. The summed E-state index contributed by atoms with van der Waals surface area (Å²) in [5.41, 5.74) is 3.22. The summed E-state index contributed by atoms with van der Waals surface area (Å²) in [5.74, 6) is 0.723. The summed E-state index contributed by atoms with van der Waals surface area (Å²) in [6.45, 7) is 5.10. The number of carbonyl (C=O) groups is 1. The van der Waals surface area contributed by atoms with Crippen LogP contribution in [0, 0.1) is 13.8 Å². The maximum Gasteiger partial charge on any atom is 0.254 e. The first kappa shape index (κ1) is 16.0. The van der Waals surface area contributed by atoms with Gasteiger partial charge >= 0.3 is 0 Å². The molecule has 130 valence electrons. The van der Waals surface area contributed by atoms with E-state index in [0.717, 1.165) is 43.7 Å². The van der Waals surface area contributed by atoms with Crippen LogP contribution in [0.3, 0.4) is 0 Å². The van der Waals surface area contributed by atoms with E-state index in [1.54, 1.807) is 13.0 Å². The lowest BCUT2D eigenvalue weighted by atomic mass is 9.77. The molecular formula is C19H22N4O2. The van der Waals surface area contributed by atoms with E-state index < -0.39 is 0 Å². The summed E-state index contributed by atoms with van der Waals surface area (Å²) < 4.78 is 0. The molecule has 0 saturated carbocycles. The van der Waals surface area contributed by atoms with E-state index in [1.807, 2.05) is 18.0 Å². The third kappa shape index (κ3) is 2.75. The van der Waals surface area contributed by atoms with Gasteiger partial charge in [0.15, 0.2) is 0 Å². The number of piperidine rings is 1. The number of aromatic amines is 1. The van der Waals surface area contributed by atoms with Gasteiger partial charge in [-0.25, -0.2) is 9.97 Å². The second kappa shape index (κ2) is 5.79. The average Bonchev–Trinajstić information content (AvgIpc) is 2.91. The van der Waals surface area contributed by atoms with Crippen LogP contribution in [0.4, 0.5) is 0 Å². The van der Waals surface area contributed by atoms with E-state index in [2.05, 4.69) is 9.97 Å². The van der Waals surface area contributed by atoms with Crippen molar-refractivity contribution < 1.29 is 4.79 Å². The monoisotopic (exact) mass is 338 g/mol. The molecule has 1 saturated heterocycles. The van der Waals surface area contributed by atoms with Crippen molar-refractivity contribution >= 4 is 5.91 Å². The van der Waals surface area contributed by atoms with Gasteiger partial charge in [0.25, 0.3) is 5.91 Å². The Bertz CT molecular complexity index is 901. The molecule has 1 atom stereocenters. The van der Waals surface area contributed by atoms with Crippen molar-refractivity contribution in [1.29, 1.82) is 0 Å². The van der Waals surface area contributed by atoms with Crippen molar-refractivity contribution in [3.05, 3.63) is 57.0 Å². The lowest BCUT2D eigenvalue weighted by Crippen LogP contribution is -2.48. The number of pyridine rings is 1. The van der Waals surface area contributed by atoms with Crippen LogP contribution in [0.5, 0.6) is 0 Å². The fourth-order valence-corrected chi connectivity index (χ4v) is 4.32. The predicted octanol–water partition coefficient (Wildman–Crippen LogP) is 1.90. The van der Waals surface area contributed by atoms with E-state index in [-0.39, 0.29) is 16.9 Å². The maximum absolute atomic E-state index is 13.0. The minimum Gasteiger partial charge on any atom is -0.338 e. The molecule has 1 amide bonds. The Balaban J connectivity index is 1.65. The Morgan fingerprint density at radius 2 is 2.12 bits per heavy atom. The summed E-state index contributed by atoms with van der Waals surface area (Å²) in [5, 5.41) is 0. The Morgan fingerprint density at radius 3 is 2.92 bits per heavy atom. The summed E-state index contributed by atoms with van der Waals surface area (Å²) >= 11 is 0. The third-order valence-electron chi connectivity index (χ3n) is 5.45. The number of carbonyl (C=O) groups excluding carboxylic acids is 1. The molecule has 1 fully saturated rings. The number of H-pyrrole nitrogens is 1. The maximum atomic E-state index is 13.0. The number of nitrogens with one attached hydrogen (secondary N) is 1. The number of aryl methyl sites for hydroxylation is 3. The first-order valence-corrected chi connectivity index (χ1v) is 8.80. The lowest BCUT2D eigenvalue weighted by molar-refractivity contribution is 0.0633. The molecule has 2 aromatic rings. The summed E-state index contributed by atoms with van der Waals surface area (Å²) in [6.07, 6.45) is 5.93. The molecule has 4 rings (SSSR count). The van der Waals surface area contributed by atoms with E-state index in [9.17, 15) is 9.59 Å². The van der Waals surface area contributed by atoms with Gasteiger partial charge in [0.2, 0.25) is 5.56 Å². The van der Waals surface area contributed by atoms with E-state index in [0.29, 0.717) is 17.8 Å². The standard InChI is InChI=1S/C19H22N4O2/c1-12-8-15(9-16(24)21-12)18(25)23-7-3-5-19(11-23)6-4-14-10-20-13(2)22-17(14)19/h8-10H,3-7,11H2,1-2H3,(H,21,24). The van der Waals surface area contributed by atoms with Crippen LogP contribution in [0.1, 0.15) is 52.4 Å². The molecule has 1 aliphatic carbocycles. The minimum atomic E-state index is -0.232. The van der Waals surface area contributed by atoms with E-state index in [4.69, 9.17) is 4.98 Å². The van der Waals surface area contributed by atoms with Gasteiger partial charge in [-0.2, -0.15) is 0 Å². The van der Waals surface area contributed by atoms with Gasteiger partial charge in [-0.05, 0) is 51.2 Å². The number of hydrogen-bond acceptors (Lipinski definition) is 4. The number of rotatable bonds is 1. The van der Waals surface area contributed by atoms with Gasteiger partial charge < -0.3 is 9.88 Å². The number of fused-ring (bicyclic) bond motifs is 2. The highest BCUT2D eigenvalue weighted by Crippen LogP contribution is 2.44. The zero-order valence-corrected chi connectivity index (χ0v) is 14.6. The Kier molecular flexibility index (Phi) is 3.71. The van der Waals surface area contributed by atoms with Gasteiger partial charge in [-0.15, -0.1) is 0 Å². The molecule has 6 heteroatoms. The van der Waals surface area contributed by atoms with Crippen molar-refractivity contribution in [1.82, 2.24) is 19.9 Å². The highest BCUT2D eigenvalue weighted by molar-refractivity contribution is 5.94. The number of amides is 1. The average molecular weight is 338 g/mol. The number of hydrogen-bond donors (Lipinski definition) is 1. The molecule has 1 aliphatic heterocycles. The highest BCUT2D eigenvalue weighted by Gasteiger charge is 2.44. The molecular weight excluding hydrogens is 316 g/mol. The first-order valence-electron chi connectivity index (χ1n) is 8.80. The van der Waals surface area contributed by atoms with Crippen molar-refractivity contribution in [3.8, 4) is 0 Å².